The van der Waals surface area contributed by atoms with Gasteiger partial charge in [0.25, 0.3) is 10.2 Å². The Hall–Kier alpha value is -1.02. The average molecular weight is 312 g/mol. The molecule has 21 heavy (non-hydrogen) atoms. The van der Waals surface area contributed by atoms with E-state index in [-0.39, 0.29) is 6.04 Å². The molecule has 1 aliphatic rings. The summed E-state index contributed by atoms with van der Waals surface area (Å²) in [6.07, 6.45) is 3.44. The molecule has 0 spiro atoms. The van der Waals surface area contributed by atoms with Crippen LogP contribution in [0.25, 0.3) is 0 Å². The molecule has 1 aliphatic heterocycles. The highest BCUT2D eigenvalue weighted by molar-refractivity contribution is 7.86. The van der Waals surface area contributed by atoms with Crippen molar-refractivity contribution in [2.24, 2.45) is 5.92 Å². The third-order valence-electron chi connectivity index (χ3n) is 3.58. The van der Waals surface area contributed by atoms with Crippen molar-refractivity contribution in [3.05, 3.63) is 30.1 Å². The van der Waals surface area contributed by atoms with Crippen molar-refractivity contribution < 1.29 is 8.42 Å². The fourth-order valence-corrected chi connectivity index (χ4v) is 4.29. The number of rotatable bonds is 5. The summed E-state index contributed by atoms with van der Waals surface area (Å²) in [6.45, 7) is 6.31. The minimum atomic E-state index is -3.46. The maximum absolute atomic E-state index is 12.8. The number of hydrogen-bond donors (Lipinski definition) is 1. The van der Waals surface area contributed by atoms with Crippen LogP contribution in [0, 0.1) is 5.92 Å². The van der Waals surface area contributed by atoms with E-state index in [1.165, 1.54) is 4.31 Å². The van der Waals surface area contributed by atoms with Gasteiger partial charge < -0.3 is 5.32 Å². The molecule has 0 saturated carbocycles. The van der Waals surface area contributed by atoms with E-state index in [4.69, 9.17) is 0 Å². The SMILES string of the molecule is CC(C)CN(C)S(=O)(=O)N1CCNCC1c1cccnc1. The molecule has 0 amide bonds. The molecule has 0 aromatic carbocycles. The predicted octanol–water partition coefficient (Wildman–Crippen LogP) is 0.861. The van der Waals surface area contributed by atoms with E-state index in [9.17, 15) is 8.42 Å². The smallest absolute Gasteiger partial charge is 0.282 e. The van der Waals surface area contributed by atoms with Crippen LogP contribution < -0.4 is 5.32 Å². The maximum Gasteiger partial charge on any atom is 0.282 e. The lowest BCUT2D eigenvalue weighted by atomic mass is 10.1. The van der Waals surface area contributed by atoms with E-state index >= 15 is 0 Å². The maximum atomic E-state index is 12.8. The minimum Gasteiger partial charge on any atom is -0.313 e. The van der Waals surface area contributed by atoms with Crippen LogP contribution in [0.5, 0.6) is 0 Å². The molecule has 1 unspecified atom stereocenters. The van der Waals surface area contributed by atoms with Crippen molar-refractivity contribution in [2.75, 3.05) is 33.2 Å². The molecule has 1 atom stereocenters. The van der Waals surface area contributed by atoms with E-state index in [0.29, 0.717) is 32.1 Å². The van der Waals surface area contributed by atoms with Crippen LogP contribution in [-0.2, 0) is 10.2 Å². The lowest BCUT2D eigenvalue weighted by molar-refractivity contribution is 0.248. The molecule has 1 aromatic rings. The molecule has 1 fully saturated rings. The van der Waals surface area contributed by atoms with Crippen LogP contribution in [-0.4, -0.2) is 55.2 Å². The highest BCUT2D eigenvalue weighted by Gasteiger charge is 2.36. The Bertz CT molecular complexity index is 547. The standard InChI is InChI=1S/C14H24N4O2S/c1-12(2)11-17(3)21(19,20)18-8-7-16-10-14(18)13-5-4-6-15-9-13/h4-6,9,12,14,16H,7-8,10-11H2,1-3H3. The van der Waals surface area contributed by atoms with Gasteiger partial charge >= 0.3 is 0 Å². The highest BCUT2D eigenvalue weighted by Crippen LogP contribution is 2.26. The summed E-state index contributed by atoms with van der Waals surface area (Å²) >= 11 is 0. The van der Waals surface area contributed by atoms with Gasteiger partial charge in [-0.3, -0.25) is 4.98 Å². The molecule has 1 saturated heterocycles. The summed E-state index contributed by atoms with van der Waals surface area (Å²) < 4.78 is 28.7. The molecule has 7 heteroatoms. The number of hydrogen-bond acceptors (Lipinski definition) is 4. The van der Waals surface area contributed by atoms with Gasteiger partial charge in [0.2, 0.25) is 0 Å². The van der Waals surface area contributed by atoms with Crippen molar-refractivity contribution in [3.63, 3.8) is 0 Å². The number of nitrogens with zero attached hydrogens (tertiary/aromatic N) is 3. The summed E-state index contributed by atoms with van der Waals surface area (Å²) in [7, 11) is -1.81. The molecule has 118 valence electrons. The van der Waals surface area contributed by atoms with E-state index in [2.05, 4.69) is 10.3 Å². The number of nitrogens with one attached hydrogen (secondary N) is 1. The predicted molar refractivity (Wildman–Crippen MR) is 82.9 cm³/mol. The van der Waals surface area contributed by atoms with Crippen LogP contribution in [0.4, 0.5) is 0 Å². The third-order valence-corrected chi connectivity index (χ3v) is 5.54. The first kappa shape index (κ1) is 16.4. The van der Waals surface area contributed by atoms with Gasteiger partial charge in [0.1, 0.15) is 0 Å². The van der Waals surface area contributed by atoms with Gasteiger partial charge in [-0.1, -0.05) is 19.9 Å². The summed E-state index contributed by atoms with van der Waals surface area (Å²) in [5.74, 6) is 0.296. The molecule has 1 aromatic heterocycles. The number of pyridine rings is 1. The van der Waals surface area contributed by atoms with Gasteiger partial charge in [-0.05, 0) is 17.5 Å². The lowest BCUT2D eigenvalue weighted by Gasteiger charge is -2.37. The second-order valence-electron chi connectivity index (χ2n) is 5.80. The Morgan fingerprint density at radius 3 is 2.90 bits per heavy atom. The zero-order chi connectivity index (χ0) is 15.5. The average Bonchev–Trinajstić information content (AvgIpc) is 2.47. The zero-order valence-corrected chi connectivity index (χ0v) is 13.7. The third kappa shape index (κ3) is 3.79. The molecular formula is C14H24N4O2S. The van der Waals surface area contributed by atoms with Crippen LogP contribution >= 0.6 is 0 Å². The zero-order valence-electron chi connectivity index (χ0n) is 12.9. The van der Waals surface area contributed by atoms with Gasteiger partial charge in [-0.15, -0.1) is 0 Å². The molecule has 2 heterocycles. The Labute approximate surface area is 127 Å². The van der Waals surface area contributed by atoms with Gasteiger partial charge in [-0.2, -0.15) is 17.0 Å². The second kappa shape index (κ2) is 6.83. The largest absolute Gasteiger partial charge is 0.313 e. The first-order valence-corrected chi connectivity index (χ1v) is 8.66. The molecule has 0 aliphatic carbocycles. The van der Waals surface area contributed by atoms with Gasteiger partial charge in [-0.25, -0.2) is 0 Å². The van der Waals surface area contributed by atoms with E-state index in [1.807, 2.05) is 26.0 Å². The highest BCUT2D eigenvalue weighted by atomic mass is 32.2. The molecule has 0 bridgehead atoms. The Morgan fingerprint density at radius 2 is 2.29 bits per heavy atom. The topological polar surface area (TPSA) is 65.5 Å². The Morgan fingerprint density at radius 1 is 1.52 bits per heavy atom. The van der Waals surface area contributed by atoms with Crippen LogP contribution in [0.3, 0.4) is 0 Å². The molecule has 2 rings (SSSR count). The Balaban J connectivity index is 2.26. The summed E-state index contributed by atoms with van der Waals surface area (Å²) in [6, 6.07) is 3.56. The normalized spacial score (nSPS) is 21.1. The monoisotopic (exact) mass is 312 g/mol. The van der Waals surface area contributed by atoms with E-state index in [0.717, 1.165) is 5.56 Å². The first-order chi connectivity index (χ1) is 9.93. The first-order valence-electron chi connectivity index (χ1n) is 7.26. The molecule has 1 N–H and O–H groups in total. The number of aromatic nitrogens is 1. The second-order valence-corrected chi connectivity index (χ2v) is 7.79. The fraction of sp³-hybridized carbons (Fsp3) is 0.643. The van der Waals surface area contributed by atoms with Crippen molar-refractivity contribution in [2.45, 2.75) is 19.9 Å². The summed E-state index contributed by atoms with van der Waals surface area (Å²) in [4.78, 5) is 4.11. The van der Waals surface area contributed by atoms with Crippen molar-refractivity contribution in [3.8, 4) is 0 Å². The minimum absolute atomic E-state index is 0.202. The lowest BCUT2D eigenvalue weighted by Crippen LogP contribution is -2.53. The van der Waals surface area contributed by atoms with E-state index in [1.54, 1.807) is 23.7 Å². The van der Waals surface area contributed by atoms with Crippen molar-refractivity contribution >= 4 is 10.2 Å². The van der Waals surface area contributed by atoms with Crippen LogP contribution in [0.2, 0.25) is 0 Å². The Kier molecular flexibility index (Phi) is 5.32. The van der Waals surface area contributed by atoms with Gasteiger partial charge in [0.15, 0.2) is 0 Å². The van der Waals surface area contributed by atoms with Crippen LogP contribution in [0.1, 0.15) is 25.5 Å². The van der Waals surface area contributed by atoms with E-state index < -0.39 is 10.2 Å². The van der Waals surface area contributed by atoms with Gasteiger partial charge in [0, 0.05) is 45.6 Å². The van der Waals surface area contributed by atoms with Gasteiger partial charge in [0.05, 0.1) is 6.04 Å². The molecule has 6 nitrogen and oxygen atoms in total. The number of piperazine rings is 1. The van der Waals surface area contributed by atoms with Crippen molar-refractivity contribution in [1.82, 2.24) is 18.9 Å². The summed E-state index contributed by atoms with van der Waals surface area (Å²) in [5, 5.41) is 3.26. The van der Waals surface area contributed by atoms with Crippen LogP contribution in [0.15, 0.2) is 24.5 Å². The quantitative estimate of drug-likeness (QED) is 0.876. The molecule has 0 radical (unpaired) electrons. The van der Waals surface area contributed by atoms with Crippen molar-refractivity contribution in [1.29, 1.82) is 0 Å². The molecular weight excluding hydrogens is 288 g/mol. The summed E-state index contributed by atoms with van der Waals surface area (Å²) in [5.41, 5.74) is 0.922. The fourth-order valence-electron chi connectivity index (χ4n) is 2.61.